The van der Waals surface area contributed by atoms with Crippen LogP contribution in [0.1, 0.15) is 33.1 Å². The van der Waals surface area contributed by atoms with Gasteiger partial charge in [0.05, 0.1) is 6.61 Å². The van der Waals surface area contributed by atoms with E-state index in [-0.39, 0.29) is 5.91 Å². The van der Waals surface area contributed by atoms with Gasteiger partial charge in [0, 0.05) is 19.0 Å². The average Bonchev–Trinajstić information content (AvgIpc) is 2.87. The van der Waals surface area contributed by atoms with Crippen molar-refractivity contribution in [1.82, 2.24) is 10.8 Å². The number of rotatable bonds is 7. The molecule has 0 atom stereocenters. The molecule has 1 rings (SSSR count). The van der Waals surface area contributed by atoms with Gasteiger partial charge in [-0.1, -0.05) is 13.8 Å². The molecule has 1 aliphatic rings. The lowest BCUT2D eigenvalue weighted by atomic mass is 10.2. The predicted molar refractivity (Wildman–Crippen MR) is 54.6 cm³/mol. The second-order valence-corrected chi connectivity index (χ2v) is 4.21. The molecule has 0 spiro atoms. The van der Waals surface area contributed by atoms with Gasteiger partial charge < -0.3 is 5.32 Å². The summed E-state index contributed by atoms with van der Waals surface area (Å²) in [6, 6.07) is 0.666. The molecule has 0 aliphatic heterocycles. The molecule has 0 bridgehead atoms. The quantitative estimate of drug-likeness (QED) is 0.599. The summed E-state index contributed by atoms with van der Waals surface area (Å²) < 4.78 is 0. The molecule has 14 heavy (non-hydrogen) atoms. The fourth-order valence-corrected chi connectivity index (χ4v) is 1.02. The highest BCUT2D eigenvalue weighted by Crippen LogP contribution is 2.18. The lowest BCUT2D eigenvalue weighted by Gasteiger charge is -2.07. The maximum Gasteiger partial charge on any atom is 0.244 e. The molecule has 0 unspecified atom stereocenters. The molecule has 1 amide bonds. The van der Waals surface area contributed by atoms with Crippen LogP contribution in [0.4, 0.5) is 0 Å². The molecule has 0 aromatic heterocycles. The third-order valence-electron chi connectivity index (χ3n) is 1.97. The Labute approximate surface area is 85.3 Å². The Morgan fingerprint density at radius 1 is 1.50 bits per heavy atom. The SMILES string of the molecule is CC(C)CONC(=O)CCNC1CC1. The van der Waals surface area contributed by atoms with Crippen molar-refractivity contribution in [2.75, 3.05) is 13.2 Å². The first-order valence-electron chi connectivity index (χ1n) is 5.32. The third-order valence-corrected chi connectivity index (χ3v) is 1.97. The first kappa shape index (κ1) is 11.5. The van der Waals surface area contributed by atoms with Gasteiger partial charge in [0.15, 0.2) is 0 Å². The molecule has 0 aromatic rings. The number of hydrogen-bond donors (Lipinski definition) is 2. The Morgan fingerprint density at radius 2 is 2.21 bits per heavy atom. The van der Waals surface area contributed by atoms with Crippen molar-refractivity contribution in [3.63, 3.8) is 0 Å². The smallest absolute Gasteiger partial charge is 0.244 e. The molecule has 4 heteroatoms. The van der Waals surface area contributed by atoms with Crippen molar-refractivity contribution >= 4 is 5.91 Å². The molecule has 0 aromatic carbocycles. The highest BCUT2D eigenvalue weighted by atomic mass is 16.6. The predicted octanol–water partition coefficient (Wildman–Crippen LogP) is 0.832. The summed E-state index contributed by atoms with van der Waals surface area (Å²) in [6.45, 7) is 5.41. The van der Waals surface area contributed by atoms with Crippen molar-refractivity contribution in [1.29, 1.82) is 0 Å². The summed E-state index contributed by atoms with van der Waals surface area (Å²) >= 11 is 0. The maximum absolute atomic E-state index is 11.2. The normalized spacial score (nSPS) is 15.9. The number of hydroxylamine groups is 1. The van der Waals surface area contributed by atoms with E-state index in [1.807, 2.05) is 13.8 Å². The number of carbonyl (C=O) groups is 1. The van der Waals surface area contributed by atoms with E-state index < -0.39 is 0 Å². The maximum atomic E-state index is 11.2. The minimum atomic E-state index is -0.0428. The Bertz CT molecular complexity index is 169. The van der Waals surface area contributed by atoms with Crippen molar-refractivity contribution in [2.24, 2.45) is 5.92 Å². The van der Waals surface area contributed by atoms with Gasteiger partial charge in [-0.3, -0.25) is 9.63 Å². The second-order valence-electron chi connectivity index (χ2n) is 4.21. The van der Waals surface area contributed by atoms with Crippen LogP contribution in [0.3, 0.4) is 0 Å². The van der Waals surface area contributed by atoms with E-state index in [2.05, 4.69) is 10.8 Å². The standard InChI is InChI=1S/C10H20N2O2/c1-8(2)7-14-12-10(13)5-6-11-9-3-4-9/h8-9,11H,3-7H2,1-2H3,(H,12,13). The van der Waals surface area contributed by atoms with Crippen LogP contribution in [0.15, 0.2) is 0 Å². The van der Waals surface area contributed by atoms with E-state index in [0.717, 1.165) is 6.54 Å². The zero-order valence-corrected chi connectivity index (χ0v) is 9.01. The van der Waals surface area contributed by atoms with Gasteiger partial charge in [-0.05, 0) is 18.8 Å². The third kappa shape index (κ3) is 5.94. The molecule has 82 valence electrons. The van der Waals surface area contributed by atoms with E-state index in [0.29, 0.717) is 25.0 Å². The van der Waals surface area contributed by atoms with Gasteiger partial charge in [0.2, 0.25) is 5.91 Å². The van der Waals surface area contributed by atoms with Gasteiger partial charge in [-0.15, -0.1) is 0 Å². The van der Waals surface area contributed by atoms with E-state index in [1.54, 1.807) is 0 Å². The van der Waals surface area contributed by atoms with Crippen LogP contribution in [0, 0.1) is 5.92 Å². The molecule has 2 N–H and O–H groups in total. The molecular weight excluding hydrogens is 180 g/mol. The summed E-state index contributed by atoms with van der Waals surface area (Å²) in [7, 11) is 0. The largest absolute Gasteiger partial charge is 0.313 e. The van der Waals surface area contributed by atoms with Crippen LogP contribution in [0.2, 0.25) is 0 Å². The van der Waals surface area contributed by atoms with Crippen molar-refractivity contribution in [3.05, 3.63) is 0 Å². The van der Waals surface area contributed by atoms with E-state index in [4.69, 9.17) is 4.84 Å². The highest BCUT2D eigenvalue weighted by molar-refractivity contribution is 5.74. The first-order chi connectivity index (χ1) is 6.68. The molecule has 1 fully saturated rings. The number of nitrogens with one attached hydrogen (secondary N) is 2. The van der Waals surface area contributed by atoms with Crippen molar-refractivity contribution < 1.29 is 9.63 Å². The van der Waals surface area contributed by atoms with Crippen LogP contribution in [0.25, 0.3) is 0 Å². The first-order valence-corrected chi connectivity index (χ1v) is 5.32. The summed E-state index contributed by atoms with van der Waals surface area (Å²) in [5.41, 5.74) is 2.43. The monoisotopic (exact) mass is 200 g/mol. The number of carbonyl (C=O) groups excluding carboxylic acids is 1. The van der Waals surface area contributed by atoms with Gasteiger partial charge in [-0.2, -0.15) is 0 Å². The summed E-state index contributed by atoms with van der Waals surface area (Å²) in [4.78, 5) is 16.2. The highest BCUT2D eigenvalue weighted by Gasteiger charge is 2.19. The molecule has 1 saturated carbocycles. The van der Waals surface area contributed by atoms with Gasteiger partial charge in [0.1, 0.15) is 0 Å². The van der Waals surface area contributed by atoms with Gasteiger partial charge in [0.25, 0.3) is 0 Å². The number of amides is 1. The Morgan fingerprint density at radius 3 is 2.79 bits per heavy atom. The van der Waals surface area contributed by atoms with E-state index in [1.165, 1.54) is 12.8 Å². The lowest BCUT2D eigenvalue weighted by Crippen LogP contribution is -2.29. The average molecular weight is 200 g/mol. The van der Waals surface area contributed by atoms with Crippen molar-refractivity contribution in [2.45, 2.75) is 39.2 Å². The fourth-order valence-electron chi connectivity index (χ4n) is 1.02. The Kier molecular flexibility index (Phi) is 4.90. The molecule has 0 heterocycles. The van der Waals surface area contributed by atoms with Crippen LogP contribution in [-0.2, 0) is 9.63 Å². The van der Waals surface area contributed by atoms with Crippen molar-refractivity contribution in [3.8, 4) is 0 Å². The lowest BCUT2D eigenvalue weighted by molar-refractivity contribution is -0.134. The number of hydrogen-bond acceptors (Lipinski definition) is 3. The van der Waals surface area contributed by atoms with Crippen LogP contribution in [0.5, 0.6) is 0 Å². The fraction of sp³-hybridized carbons (Fsp3) is 0.900. The molecule has 0 saturated heterocycles. The van der Waals surface area contributed by atoms with E-state index in [9.17, 15) is 4.79 Å². The van der Waals surface area contributed by atoms with Crippen LogP contribution in [-0.4, -0.2) is 25.1 Å². The van der Waals surface area contributed by atoms with Crippen LogP contribution < -0.4 is 10.8 Å². The minimum absolute atomic E-state index is 0.0428. The van der Waals surface area contributed by atoms with Gasteiger partial charge >= 0.3 is 0 Å². The topological polar surface area (TPSA) is 50.4 Å². The van der Waals surface area contributed by atoms with Gasteiger partial charge in [-0.25, -0.2) is 5.48 Å². The zero-order chi connectivity index (χ0) is 10.4. The van der Waals surface area contributed by atoms with E-state index >= 15 is 0 Å². The minimum Gasteiger partial charge on any atom is -0.313 e. The second kappa shape index (κ2) is 5.98. The molecule has 0 radical (unpaired) electrons. The summed E-state index contributed by atoms with van der Waals surface area (Å²) in [5.74, 6) is 0.402. The molecule has 1 aliphatic carbocycles. The summed E-state index contributed by atoms with van der Waals surface area (Å²) in [5, 5.41) is 3.27. The van der Waals surface area contributed by atoms with Crippen LogP contribution >= 0.6 is 0 Å². The zero-order valence-electron chi connectivity index (χ0n) is 9.01. The summed E-state index contributed by atoms with van der Waals surface area (Å²) in [6.07, 6.45) is 3.01. The molecular formula is C10H20N2O2. The Hall–Kier alpha value is -0.610. The Balaban J connectivity index is 1.87. The molecule has 4 nitrogen and oxygen atoms in total.